The Labute approximate surface area is 100 Å². The molecule has 2 aromatic rings. The maximum atomic E-state index is 11.8. The van der Waals surface area contributed by atoms with E-state index >= 15 is 0 Å². The first-order chi connectivity index (χ1) is 8.20. The van der Waals surface area contributed by atoms with Crippen molar-refractivity contribution in [1.82, 2.24) is 0 Å². The Morgan fingerprint density at radius 2 is 1.88 bits per heavy atom. The summed E-state index contributed by atoms with van der Waals surface area (Å²) in [4.78, 5) is 11.8. The zero-order valence-corrected chi connectivity index (χ0v) is 9.77. The molecule has 2 heteroatoms. The Hall–Kier alpha value is -1.83. The van der Waals surface area contributed by atoms with Crippen LogP contribution in [0.1, 0.15) is 18.9 Å². The molecule has 2 aromatic carbocycles. The molecule has 86 valence electrons. The summed E-state index contributed by atoms with van der Waals surface area (Å²) in [6, 6.07) is 14.4. The summed E-state index contributed by atoms with van der Waals surface area (Å²) >= 11 is 0. The molecule has 1 atom stereocenters. The van der Waals surface area contributed by atoms with Crippen LogP contribution in [-0.4, -0.2) is 12.6 Å². The predicted molar refractivity (Wildman–Crippen MR) is 66.9 cm³/mol. The quantitative estimate of drug-likeness (QED) is 0.698. The fourth-order valence-corrected chi connectivity index (χ4v) is 2.40. The van der Waals surface area contributed by atoms with E-state index in [1.165, 1.54) is 10.8 Å². The number of ether oxygens (including phenoxy) is 1. The first-order valence-corrected chi connectivity index (χ1v) is 5.87. The Morgan fingerprint density at radius 3 is 2.59 bits per heavy atom. The molecule has 1 heterocycles. The molecule has 1 fully saturated rings. The first-order valence-electron chi connectivity index (χ1n) is 5.87. The van der Waals surface area contributed by atoms with Crippen LogP contribution in [0.2, 0.25) is 0 Å². The van der Waals surface area contributed by atoms with Crippen molar-refractivity contribution in [3.8, 4) is 0 Å². The summed E-state index contributed by atoms with van der Waals surface area (Å²) in [6.07, 6.45) is 0.768. The Kier molecular flexibility index (Phi) is 2.18. The van der Waals surface area contributed by atoms with Crippen molar-refractivity contribution >= 4 is 16.7 Å². The van der Waals surface area contributed by atoms with E-state index in [0.717, 1.165) is 12.0 Å². The molecule has 0 spiro atoms. The fraction of sp³-hybridized carbons (Fsp3) is 0.267. The Balaban J connectivity index is 2.15. The zero-order valence-electron chi connectivity index (χ0n) is 9.77. The standard InChI is InChI=1S/C15H14O2/c1-15(8-9-17-14(15)16)13-7-6-11-4-2-3-5-12(11)10-13/h2-7,10H,8-9H2,1H3/t15-/m0/s1. The van der Waals surface area contributed by atoms with Crippen molar-refractivity contribution in [2.75, 3.05) is 6.61 Å². The molecule has 1 saturated heterocycles. The van der Waals surface area contributed by atoms with E-state index in [1.807, 2.05) is 25.1 Å². The number of esters is 1. The summed E-state index contributed by atoms with van der Waals surface area (Å²) in [5.74, 6) is -0.104. The maximum absolute atomic E-state index is 11.8. The summed E-state index contributed by atoms with van der Waals surface area (Å²) in [7, 11) is 0. The largest absolute Gasteiger partial charge is 0.465 e. The molecule has 0 aromatic heterocycles. The highest BCUT2D eigenvalue weighted by molar-refractivity contribution is 5.88. The number of fused-ring (bicyclic) bond motifs is 1. The second kappa shape index (κ2) is 3.59. The van der Waals surface area contributed by atoms with E-state index < -0.39 is 5.41 Å². The van der Waals surface area contributed by atoms with Crippen LogP contribution in [0.3, 0.4) is 0 Å². The van der Waals surface area contributed by atoms with E-state index in [-0.39, 0.29) is 5.97 Å². The number of benzene rings is 2. The van der Waals surface area contributed by atoms with Crippen molar-refractivity contribution < 1.29 is 9.53 Å². The first kappa shape index (κ1) is 10.3. The lowest BCUT2D eigenvalue weighted by Gasteiger charge is -2.19. The van der Waals surface area contributed by atoms with Crippen LogP contribution >= 0.6 is 0 Å². The number of cyclic esters (lactones) is 1. The van der Waals surface area contributed by atoms with Crippen LogP contribution < -0.4 is 0 Å². The Morgan fingerprint density at radius 1 is 1.12 bits per heavy atom. The van der Waals surface area contributed by atoms with Gasteiger partial charge in [0.05, 0.1) is 12.0 Å². The molecule has 0 unspecified atom stereocenters. The van der Waals surface area contributed by atoms with Gasteiger partial charge in [-0.3, -0.25) is 4.79 Å². The van der Waals surface area contributed by atoms with Crippen LogP contribution in [0.25, 0.3) is 10.8 Å². The molecule has 17 heavy (non-hydrogen) atoms. The number of carbonyl (C=O) groups is 1. The van der Waals surface area contributed by atoms with E-state index in [1.54, 1.807) is 0 Å². The van der Waals surface area contributed by atoms with Crippen LogP contribution in [0, 0.1) is 0 Å². The molecule has 1 aliphatic rings. The second-order valence-electron chi connectivity index (χ2n) is 4.78. The van der Waals surface area contributed by atoms with Gasteiger partial charge in [-0.1, -0.05) is 42.5 Å². The lowest BCUT2D eigenvalue weighted by atomic mass is 9.80. The number of hydrogen-bond acceptors (Lipinski definition) is 2. The van der Waals surface area contributed by atoms with E-state index in [2.05, 4.69) is 24.3 Å². The topological polar surface area (TPSA) is 26.3 Å². The summed E-state index contributed by atoms with van der Waals surface area (Å²) in [5, 5.41) is 2.37. The SMILES string of the molecule is C[C@@]1(c2ccc3ccccc3c2)CCOC1=O. The van der Waals surface area contributed by atoms with Gasteiger partial charge in [0.2, 0.25) is 0 Å². The van der Waals surface area contributed by atoms with E-state index in [4.69, 9.17) is 4.74 Å². The van der Waals surface area contributed by atoms with Crippen molar-refractivity contribution in [3.05, 3.63) is 48.0 Å². The Bertz CT molecular complexity index is 588. The molecule has 1 aliphatic heterocycles. The molecule has 0 aliphatic carbocycles. The molecule has 0 radical (unpaired) electrons. The van der Waals surface area contributed by atoms with Crippen LogP contribution in [0.5, 0.6) is 0 Å². The third-order valence-corrected chi connectivity index (χ3v) is 3.67. The van der Waals surface area contributed by atoms with Gasteiger partial charge in [0.1, 0.15) is 0 Å². The molecule has 0 N–H and O–H groups in total. The fourth-order valence-electron chi connectivity index (χ4n) is 2.40. The van der Waals surface area contributed by atoms with Crippen LogP contribution in [-0.2, 0) is 14.9 Å². The van der Waals surface area contributed by atoms with Gasteiger partial charge in [-0.15, -0.1) is 0 Å². The molecule has 3 rings (SSSR count). The van der Waals surface area contributed by atoms with Gasteiger partial charge in [-0.05, 0) is 23.3 Å². The monoisotopic (exact) mass is 226 g/mol. The van der Waals surface area contributed by atoms with Crippen molar-refractivity contribution in [2.24, 2.45) is 0 Å². The van der Waals surface area contributed by atoms with Crippen molar-refractivity contribution in [1.29, 1.82) is 0 Å². The van der Waals surface area contributed by atoms with Gasteiger partial charge in [0, 0.05) is 6.42 Å². The molecular weight excluding hydrogens is 212 g/mol. The average molecular weight is 226 g/mol. The van der Waals surface area contributed by atoms with Crippen LogP contribution in [0.15, 0.2) is 42.5 Å². The molecule has 0 saturated carbocycles. The molecular formula is C15H14O2. The zero-order chi connectivity index (χ0) is 11.9. The van der Waals surface area contributed by atoms with Gasteiger partial charge in [0.25, 0.3) is 0 Å². The number of rotatable bonds is 1. The molecule has 0 bridgehead atoms. The highest BCUT2D eigenvalue weighted by Gasteiger charge is 2.41. The van der Waals surface area contributed by atoms with Gasteiger partial charge in [-0.2, -0.15) is 0 Å². The third-order valence-electron chi connectivity index (χ3n) is 3.67. The van der Waals surface area contributed by atoms with Gasteiger partial charge >= 0.3 is 5.97 Å². The van der Waals surface area contributed by atoms with Gasteiger partial charge in [0.15, 0.2) is 0 Å². The summed E-state index contributed by atoms with van der Waals surface area (Å²) < 4.78 is 5.10. The lowest BCUT2D eigenvalue weighted by molar-refractivity contribution is -0.142. The van der Waals surface area contributed by atoms with Crippen LogP contribution in [0.4, 0.5) is 0 Å². The maximum Gasteiger partial charge on any atom is 0.316 e. The summed E-state index contributed by atoms with van der Waals surface area (Å²) in [6.45, 7) is 2.49. The van der Waals surface area contributed by atoms with E-state index in [9.17, 15) is 4.79 Å². The second-order valence-corrected chi connectivity index (χ2v) is 4.78. The minimum Gasteiger partial charge on any atom is -0.465 e. The highest BCUT2D eigenvalue weighted by atomic mass is 16.5. The average Bonchev–Trinajstić information content (AvgIpc) is 2.70. The van der Waals surface area contributed by atoms with Crippen molar-refractivity contribution in [2.45, 2.75) is 18.8 Å². The third kappa shape index (κ3) is 1.52. The normalized spacial score (nSPS) is 23.9. The minimum atomic E-state index is -0.468. The number of carbonyl (C=O) groups excluding carboxylic acids is 1. The number of hydrogen-bond donors (Lipinski definition) is 0. The van der Waals surface area contributed by atoms with Gasteiger partial charge in [-0.25, -0.2) is 0 Å². The van der Waals surface area contributed by atoms with Gasteiger partial charge < -0.3 is 4.74 Å². The van der Waals surface area contributed by atoms with E-state index in [0.29, 0.717) is 6.61 Å². The highest BCUT2D eigenvalue weighted by Crippen LogP contribution is 2.35. The van der Waals surface area contributed by atoms with Crippen molar-refractivity contribution in [3.63, 3.8) is 0 Å². The predicted octanol–water partition coefficient (Wildman–Crippen LogP) is 3.04. The molecule has 2 nitrogen and oxygen atoms in total. The molecule has 0 amide bonds. The smallest absolute Gasteiger partial charge is 0.316 e. The lowest BCUT2D eigenvalue weighted by Crippen LogP contribution is -2.27. The summed E-state index contributed by atoms with van der Waals surface area (Å²) in [5.41, 5.74) is 0.586. The minimum absolute atomic E-state index is 0.104.